The van der Waals surface area contributed by atoms with Crippen molar-refractivity contribution in [3.05, 3.63) is 114 Å². The summed E-state index contributed by atoms with van der Waals surface area (Å²) in [6.07, 6.45) is 5.20. The average Bonchev–Trinajstić information content (AvgIpc) is 3.60. The van der Waals surface area contributed by atoms with Crippen LogP contribution in [0.25, 0.3) is 27.5 Å². The second-order valence-electron chi connectivity index (χ2n) is 8.82. The fourth-order valence-corrected chi connectivity index (χ4v) is 4.27. The van der Waals surface area contributed by atoms with E-state index in [1.54, 1.807) is 35.3 Å². The third-order valence-corrected chi connectivity index (χ3v) is 6.30. The summed E-state index contributed by atoms with van der Waals surface area (Å²) in [6, 6.07) is 24.0. The Hall–Kier alpha value is -5.28. The van der Waals surface area contributed by atoms with Crippen molar-refractivity contribution in [1.29, 1.82) is 0 Å². The van der Waals surface area contributed by atoms with Gasteiger partial charge in [0.05, 0.1) is 17.4 Å². The number of nitrogens with zero attached hydrogens (tertiary/aromatic N) is 3. The van der Waals surface area contributed by atoms with Gasteiger partial charge in [-0.1, -0.05) is 6.07 Å². The molecule has 0 fully saturated rings. The van der Waals surface area contributed by atoms with Crippen molar-refractivity contribution in [3.63, 3.8) is 0 Å². The number of nitrogens with two attached hydrogens (primary N) is 1. The zero-order valence-electron chi connectivity index (χ0n) is 20.2. The maximum atomic E-state index is 12.8. The number of aromatic nitrogens is 4. The number of aromatic amines is 1. The number of anilines is 2. The number of amides is 2. The van der Waals surface area contributed by atoms with Gasteiger partial charge in [-0.05, 0) is 78.4 Å². The monoisotopic (exact) mass is 501 g/mol. The van der Waals surface area contributed by atoms with Gasteiger partial charge in [0, 0.05) is 52.2 Å². The van der Waals surface area contributed by atoms with E-state index in [0.29, 0.717) is 29.2 Å². The molecular weight excluding hydrogens is 478 g/mol. The van der Waals surface area contributed by atoms with Crippen molar-refractivity contribution in [1.82, 2.24) is 19.7 Å². The molecule has 0 saturated heterocycles. The summed E-state index contributed by atoms with van der Waals surface area (Å²) >= 11 is 0. The molecule has 0 aliphatic heterocycles. The largest absolute Gasteiger partial charge is 0.361 e. The Morgan fingerprint density at radius 2 is 1.63 bits per heavy atom. The molecule has 2 amide bonds. The molecule has 0 bridgehead atoms. The Bertz CT molecular complexity index is 1780. The predicted octanol–water partition coefficient (Wildman–Crippen LogP) is 4.87. The van der Waals surface area contributed by atoms with Gasteiger partial charge in [-0.15, -0.1) is 0 Å². The number of fused-ring (bicyclic) bond motifs is 2. The Labute approximate surface area is 217 Å². The highest BCUT2D eigenvalue weighted by Crippen LogP contribution is 2.24. The first-order valence-electron chi connectivity index (χ1n) is 12.0. The average molecular weight is 502 g/mol. The van der Waals surface area contributed by atoms with Crippen LogP contribution >= 0.6 is 0 Å². The van der Waals surface area contributed by atoms with E-state index in [9.17, 15) is 9.59 Å². The van der Waals surface area contributed by atoms with Gasteiger partial charge in [0.2, 0.25) is 0 Å². The number of hydrogen-bond donors (Lipinski definition) is 4. The lowest BCUT2D eigenvalue weighted by molar-refractivity contribution is 0.101. The Balaban J connectivity index is 1.16. The van der Waals surface area contributed by atoms with E-state index in [1.165, 1.54) is 0 Å². The number of rotatable bonds is 6. The molecule has 0 atom stereocenters. The van der Waals surface area contributed by atoms with Crippen LogP contribution in [-0.2, 0) is 6.54 Å². The van der Waals surface area contributed by atoms with Crippen LogP contribution in [0.5, 0.6) is 0 Å². The van der Waals surface area contributed by atoms with Gasteiger partial charge >= 0.3 is 0 Å². The minimum Gasteiger partial charge on any atom is -0.361 e. The number of H-pyrrole nitrogens is 1. The smallest absolute Gasteiger partial charge is 0.274 e. The molecule has 0 spiro atoms. The minimum atomic E-state index is -0.298. The lowest BCUT2D eigenvalue weighted by Crippen LogP contribution is -2.14. The molecule has 9 heteroatoms. The summed E-state index contributed by atoms with van der Waals surface area (Å²) in [4.78, 5) is 32.6. The molecule has 0 aliphatic rings. The van der Waals surface area contributed by atoms with Crippen LogP contribution in [0.1, 0.15) is 26.4 Å². The quantitative estimate of drug-likeness (QED) is 0.259. The molecule has 0 saturated carbocycles. The summed E-state index contributed by atoms with van der Waals surface area (Å²) in [7, 11) is 0. The van der Waals surface area contributed by atoms with Crippen LogP contribution in [0.4, 0.5) is 11.4 Å². The number of carbonyl (C=O) groups excluding carboxylic acids is 2. The second kappa shape index (κ2) is 9.64. The summed E-state index contributed by atoms with van der Waals surface area (Å²) in [5.74, 6) is -0.476. The molecule has 5 N–H and O–H groups in total. The molecular formula is C29H23N7O2. The Morgan fingerprint density at radius 3 is 2.42 bits per heavy atom. The van der Waals surface area contributed by atoms with Crippen LogP contribution in [-0.4, -0.2) is 31.6 Å². The van der Waals surface area contributed by atoms with Gasteiger partial charge in [0.1, 0.15) is 5.69 Å². The Morgan fingerprint density at radius 1 is 0.816 bits per heavy atom. The zero-order chi connectivity index (χ0) is 26.1. The molecule has 3 aromatic carbocycles. The van der Waals surface area contributed by atoms with Crippen molar-refractivity contribution in [3.8, 4) is 5.69 Å². The van der Waals surface area contributed by atoms with Gasteiger partial charge in [-0.2, -0.15) is 5.10 Å². The van der Waals surface area contributed by atoms with Crippen molar-refractivity contribution in [2.75, 3.05) is 10.6 Å². The highest BCUT2D eigenvalue weighted by molar-refractivity contribution is 6.07. The third kappa shape index (κ3) is 4.49. The van der Waals surface area contributed by atoms with Crippen LogP contribution in [0.3, 0.4) is 0 Å². The van der Waals surface area contributed by atoms with Gasteiger partial charge in [0.25, 0.3) is 11.8 Å². The first-order valence-corrected chi connectivity index (χ1v) is 12.0. The lowest BCUT2D eigenvalue weighted by atomic mass is 10.1. The molecule has 38 heavy (non-hydrogen) atoms. The molecule has 6 aromatic rings. The second-order valence-corrected chi connectivity index (χ2v) is 8.82. The van der Waals surface area contributed by atoms with E-state index >= 15 is 0 Å². The van der Waals surface area contributed by atoms with E-state index in [4.69, 9.17) is 5.73 Å². The van der Waals surface area contributed by atoms with Crippen LogP contribution in [0.15, 0.2) is 97.5 Å². The zero-order valence-corrected chi connectivity index (χ0v) is 20.2. The normalized spacial score (nSPS) is 11.1. The summed E-state index contributed by atoms with van der Waals surface area (Å²) < 4.78 is 1.81. The topological polar surface area (TPSA) is 131 Å². The maximum absolute atomic E-state index is 12.8. The lowest BCUT2D eigenvalue weighted by Gasteiger charge is -2.09. The van der Waals surface area contributed by atoms with Crippen LogP contribution in [0, 0.1) is 0 Å². The van der Waals surface area contributed by atoms with E-state index in [-0.39, 0.29) is 11.8 Å². The van der Waals surface area contributed by atoms with E-state index in [1.807, 2.05) is 66.9 Å². The first kappa shape index (κ1) is 23.1. The van der Waals surface area contributed by atoms with E-state index in [2.05, 4.69) is 25.7 Å². The Kier molecular flexibility index (Phi) is 5.87. The predicted molar refractivity (Wildman–Crippen MR) is 147 cm³/mol. The molecule has 0 radical (unpaired) electrons. The SMILES string of the molecule is NCc1ccc(C(=O)Nc2ccc(-n3ncc4cc(NC(=O)c5ccc6[nH]ccc6c5)ccc43)cc2)nc1. The van der Waals surface area contributed by atoms with Crippen molar-refractivity contribution < 1.29 is 9.59 Å². The minimum absolute atomic E-state index is 0.178. The van der Waals surface area contributed by atoms with Gasteiger partial charge in [0.15, 0.2) is 0 Å². The molecule has 3 aromatic heterocycles. The highest BCUT2D eigenvalue weighted by Gasteiger charge is 2.11. The molecule has 9 nitrogen and oxygen atoms in total. The number of benzene rings is 3. The highest BCUT2D eigenvalue weighted by atomic mass is 16.2. The van der Waals surface area contributed by atoms with Crippen LogP contribution < -0.4 is 16.4 Å². The molecule has 3 heterocycles. The van der Waals surface area contributed by atoms with Gasteiger partial charge in [-0.25, -0.2) is 4.68 Å². The molecule has 0 unspecified atom stereocenters. The van der Waals surface area contributed by atoms with Crippen molar-refractivity contribution in [2.45, 2.75) is 6.54 Å². The number of pyridine rings is 1. The first-order chi connectivity index (χ1) is 18.6. The number of hydrogen-bond acceptors (Lipinski definition) is 5. The molecule has 0 aliphatic carbocycles. The van der Waals surface area contributed by atoms with Crippen LogP contribution in [0.2, 0.25) is 0 Å². The third-order valence-electron chi connectivity index (χ3n) is 6.30. The molecule has 186 valence electrons. The maximum Gasteiger partial charge on any atom is 0.274 e. The fourth-order valence-electron chi connectivity index (χ4n) is 4.27. The summed E-state index contributed by atoms with van der Waals surface area (Å²) in [5, 5.41) is 12.2. The van der Waals surface area contributed by atoms with Crippen molar-refractivity contribution >= 4 is 45.0 Å². The van der Waals surface area contributed by atoms with Crippen molar-refractivity contribution in [2.24, 2.45) is 5.73 Å². The number of nitrogens with one attached hydrogen (secondary N) is 3. The fraction of sp³-hybridized carbons (Fsp3) is 0.0345. The van der Waals surface area contributed by atoms with E-state index in [0.717, 1.165) is 33.1 Å². The van der Waals surface area contributed by atoms with Gasteiger partial charge in [-0.3, -0.25) is 14.6 Å². The number of carbonyl (C=O) groups is 2. The molecule has 6 rings (SSSR count). The standard InChI is InChI=1S/C29H23N7O2/c30-15-18-1-8-26(32-16-18)29(38)34-22-3-6-24(7-4-22)36-27-10-5-23(14-21(27)17-33-36)35-28(37)20-2-9-25-19(13-20)11-12-31-25/h1-14,16-17,31H,15,30H2,(H,34,38)(H,35,37). The van der Waals surface area contributed by atoms with E-state index < -0.39 is 0 Å². The summed E-state index contributed by atoms with van der Waals surface area (Å²) in [6.45, 7) is 0.375. The van der Waals surface area contributed by atoms with Gasteiger partial charge < -0.3 is 21.4 Å². The summed E-state index contributed by atoms with van der Waals surface area (Å²) in [5.41, 5.74) is 11.4.